The summed E-state index contributed by atoms with van der Waals surface area (Å²) in [5.74, 6) is 0. The zero-order valence-electron chi connectivity index (χ0n) is 9.54. The molecule has 0 aliphatic carbocycles. The molecule has 0 aliphatic heterocycles. The lowest BCUT2D eigenvalue weighted by atomic mass is 9.94. The molecule has 0 saturated carbocycles. The van der Waals surface area contributed by atoms with E-state index in [-0.39, 0.29) is 0 Å². The van der Waals surface area contributed by atoms with Gasteiger partial charge in [0.15, 0.2) is 0 Å². The second kappa shape index (κ2) is 4.86. The van der Waals surface area contributed by atoms with Crippen LogP contribution in [0.2, 0.25) is 0 Å². The Morgan fingerprint density at radius 3 is 2.18 bits per heavy atom. The van der Waals surface area contributed by atoms with Gasteiger partial charge >= 0.3 is 0 Å². The summed E-state index contributed by atoms with van der Waals surface area (Å²) in [6, 6.07) is 8.21. The highest BCUT2D eigenvalue weighted by Crippen LogP contribution is 2.35. The van der Waals surface area contributed by atoms with Crippen LogP contribution >= 0.6 is 15.9 Å². The van der Waals surface area contributed by atoms with Gasteiger partial charge in [0, 0.05) is 11.0 Å². The van der Waals surface area contributed by atoms with Crippen LogP contribution in [-0.4, -0.2) is 0 Å². The maximum absolute atomic E-state index is 5.87. The Bertz CT molecular complexity index is 599. The molecule has 17 heavy (non-hydrogen) atoms. The molecule has 2 rings (SSSR count). The second-order valence-corrected chi connectivity index (χ2v) is 4.57. The molecule has 0 heterocycles. The lowest BCUT2D eigenvalue weighted by molar-refractivity contribution is 1.08. The predicted molar refractivity (Wildman–Crippen MR) is 79.7 cm³/mol. The highest BCUT2D eigenvalue weighted by molar-refractivity contribution is 9.10. The summed E-state index contributed by atoms with van der Waals surface area (Å²) in [5, 5.41) is 2.33. The third-order valence-electron chi connectivity index (χ3n) is 2.95. The molecule has 0 amide bonds. The van der Waals surface area contributed by atoms with Crippen molar-refractivity contribution in [1.82, 2.24) is 0 Å². The first-order valence-electron chi connectivity index (χ1n) is 5.42. The van der Waals surface area contributed by atoms with E-state index in [1.54, 1.807) is 0 Å². The molecule has 0 unspecified atom stereocenters. The Morgan fingerprint density at radius 2 is 1.65 bits per heavy atom. The maximum atomic E-state index is 5.87. The summed E-state index contributed by atoms with van der Waals surface area (Å²) >= 11 is 3.64. The van der Waals surface area contributed by atoms with E-state index in [4.69, 9.17) is 5.73 Å². The lowest BCUT2D eigenvalue weighted by Gasteiger charge is -2.15. The van der Waals surface area contributed by atoms with Gasteiger partial charge in [-0.2, -0.15) is 0 Å². The monoisotopic (exact) mass is 287 g/mol. The number of rotatable bonds is 3. The minimum atomic E-state index is 0.496. The van der Waals surface area contributed by atoms with Gasteiger partial charge in [0.05, 0.1) is 0 Å². The summed E-state index contributed by atoms with van der Waals surface area (Å²) in [6.45, 7) is 8.23. The first kappa shape index (κ1) is 12.1. The fraction of sp³-hybridized carbons (Fsp3) is 0.0667. The molecule has 2 aromatic carbocycles. The number of benzene rings is 2. The van der Waals surface area contributed by atoms with Crippen molar-refractivity contribution in [3.63, 3.8) is 0 Å². The fourth-order valence-corrected chi connectivity index (χ4v) is 2.88. The SMILES string of the molecule is C=Cc1c(C=C)c(CN)c2ccccc2c1Br. The molecular formula is C15H14BrN. The van der Waals surface area contributed by atoms with Gasteiger partial charge in [0.2, 0.25) is 0 Å². The molecule has 86 valence electrons. The van der Waals surface area contributed by atoms with Crippen LogP contribution < -0.4 is 5.73 Å². The van der Waals surface area contributed by atoms with Crippen molar-refractivity contribution in [2.24, 2.45) is 5.73 Å². The van der Waals surface area contributed by atoms with Crippen LogP contribution in [0.1, 0.15) is 16.7 Å². The van der Waals surface area contributed by atoms with Gasteiger partial charge in [-0.05, 0) is 43.4 Å². The maximum Gasteiger partial charge on any atom is 0.0332 e. The minimum Gasteiger partial charge on any atom is -0.326 e. The third-order valence-corrected chi connectivity index (χ3v) is 3.81. The van der Waals surface area contributed by atoms with Crippen LogP contribution in [0, 0.1) is 0 Å². The Kier molecular flexibility index (Phi) is 3.46. The molecule has 0 spiro atoms. The van der Waals surface area contributed by atoms with Crippen molar-refractivity contribution in [2.75, 3.05) is 0 Å². The van der Waals surface area contributed by atoms with Gasteiger partial charge in [0.25, 0.3) is 0 Å². The molecule has 0 atom stereocenters. The largest absolute Gasteiger partial charge is 0.326 e. The highest BCUT2D eigenvalue weighted by atomic mass is 79.9. The van der Waals surface area contributed by atoms with Crippen molar-refractivity contribution in [3.8, 4) is 0 Å². The van der Waals surface area contributed by atoms with Gasteiger partial charge in [-0.25, -0.2) is 0 Å². The van der Waals surface area contributed by atoms with Crippen LogP contribution in [0.25, 0.3) is 22.9 Å². The Balaban J connectivity index is 3.03. The summed E-state index contributed by atoms with van der Waals surface area (Å²) in [6.07, 6.45) is 3.68. The summed E-state index contributed by atoms with van der Waals surface area (Å²) in [5.41, 5.74) is 9.11. The van der Waals surface area contributed by atoms with E-state index in [1.807, 2.05) is 24.3 Å². The zero-order valence-corrected chi connectivity index (χ0v) is 11.1. The normalized spacial score (nSPS) is 10.5. The highest BCUT2D eigenvalue weighted by Gasteiger charge is 2.12. The summed E-state index contributed by atoms with van der Waals surface area (Å²) in [4.78, 5) is 0. The third kappa shape index (κ3) is 1.84. The zero-order chi connectivity index (χ0) is 12.4. The smallest absolute Gasteiger partial charge is 0.0332 e. The average Bonchev–Trinajstić information content (AvgIpc) is 2.38. The standard InChI is InChI=1S/C15H14BrN/c1-3-10-11(4-2)15(16)13-8-6-5-7-12(13)14(10)9-17/h3-8H,1-2,9,17H2. The van der Waals surface area contributed by atoms with E-state index in [0.29, 0.717) is 6.54 Å². The van der Waals surface area contributed by atoms with Crippen molar-refractivity contribution in [2.45, 2.75) is 6.54 Å². The Labute approximate surface area is 110 Å². The van der Waals surface area contributed by atoms with Crippen molar-refractivity contribution in [1.29, 1.82) is 0 Å². The van der Waals surface area contributed by atoms with Gasteiger partial charge in [-0.15, -0.1) is 0 Å². The number of hydrogen-bond acceptors (Lipinski definition) is 1. The van der Waals surface area contributed by atoms with E-state index < -0.39 is 0 Å². The van der Waals surface area contributed by atoms with Crippen molar-refractivity contribution >= 4 is 38.9 Å². The van der Waals surface area contributed by atoms with E-state index in [0.717, 1.165) is 26.5 Å². The molecule has 1 nitrogen and oxygen atoms in total. The number of halogens is 1. The minimum absolute atomic E-state index is 0.496. The van der Waals surface area contributed by atoms with Gasteiger partial charge in [-0.3, -0.25) is 0 Å². The van der Waals surface area contributed by atoms with E-state index in [1.165, 1.54) is 5.39 Å². The van der Waals surface area contributed by atoms with E-state index in [2.05, 4.69) is 41.2 Å². The Morgan fingerprint density at radius 1 is 1.06 bits per heavy atom. The van der Waals surface area contributed by atoms with Gasteiger partial charge in [0.1, 0.15) is 0 Å². The van der Waals surface area contributed by atoms with Crippen LogP contribution in [0.3, 0.4) is 0 Å². The molecule has 0 radical (unpaired) electrons. The molecule has 0 aliphatic rings. The molecule has 2 heteroatoms. The number of hydrogen-bond donors (Lipinski definition) is 1. The van der Waals surface area contributed by atoms with E-state index >= 15 is 0 Å². The van der Waals surface area contributed by atoms with Crippen molar-refractivity contribution < 1.29 is 0 Å². The molecular weight excluding hydrogens is 274 g/mol. The fourth-order valence-electron chi connectivity index (χ4n) is 2.16. The molecule has 0 aromatic heterocycles. The van der Waals surface area contributed by atoms with Crippen LogP contribution in [0.4, 0.5) is 0 Å². The molecule has 2 aromatic rings. The summed E-state index contributed by atoms with van der Waals surface area (Å²) in [7, 11) is 0. The first-order valence-corrected chi connectivity index (χ1v) is 6.21. The lowest BCUT2D eigenvalue weighted by Crippen LogP contribution is -2.02. The number of fused-ring (bicyclic) bond motifs is 1. The average molecular weight is 288 g/mol. The predicted octanol–water partition coefficient (Wildman–Crippen LogP) is 4.35. The van der Waals surface area contributed by atoms with Crippen LogP contribution in [-0.2, 0) is 6.54 Å². The molecule has 0 saturated heterocycles. The van der Waals surface area contributed by atoms with Crippen LogP contribution in [0.15, 0.2) is 41.9 Å². The van der Waals surface area contributed by atoms with E-state index in [9.17, 15) is 0 Å². The Hall–Kier alpha value is -1.38. The van der Waals surface area contributed by atoms with Gasteiger partial charge in [-0.1, -0.05) is 49.6 Å². The quantitative estimate of drug-likeness (QED) is 0.893. The van der Waals surface area contributed by atoms with Gasteiger partial charge < -0.3 is 5.73 Å². The first-order chi connectivity index (χ1) is 8.24. The molecule has 0 fully saturated rings. The second-order valence-electron chi connectivity index (χ2n) is 3.78. The molecule has 2 N–H and O–H groups in total. The molecule has 0 bridgehead atoms. The van der Waals surface area contributed by atoms with Crippen LogP contribution in [0.5, 0.6) is 0 Å². The van der Waals surface area contributed by atoms with Crippen molar-refractivity contribution in [3.05, 3.63) is 58.6 Å². The number of nitrogens with two attached hydrogens (primary N) is 1. The summed E-state index contributed by atoms with van der Waals surface area (Å²) < 4.78 is 1.05. The topological polar surface area (TPSA) is 26.0 Å².